The topological polar surface area (TPSA) is 24.1 Å². The summed E-state index contributed by atoms with van der Waals surface area (Å²) in [6.45, 7) is 0. The number of anilines is 2. The van der Waals surface area contributed by atoms with Gasteiger partial charge in [-0.2, -0.15) is 0 Å². The van der Waals surface area contributed by atoms with Gasteiger partial charge >= 0.3 is 0 Å². The Balaban J connectivity index is 0.978. The lowest BCUT2D eigenvalue weighted by atomic mass is 9.86. The Morgan fingerprint density at radius 3 is 2.30 bits per heavy atom. The monoisotopic (exact) mass is 698 g/mol. The van der Waals surface area contributed by atoms with Gasteiger partial charge in [-0.1, -0.05) is 121 Å². The molecule has 0 bridgehead atoms. The molecular weight excluding hydrogens is 661 g/mol. The standard InChI is InChI=1S/C50H38N2S/c1-2-17-39-32(11-1)12-9-22-45(39)51-44-21-5-3-18-40(44)35-14-7-13-33(27-35)34-25-26-46(52-50-30-38(50)31-50)43(29-34)37-16-8-15-36(28-37)41-20-10-24-48-49(41)42-19-4-6-23-47(42)53-48/h1-4,6,8-13,15-20,22-30,51-52H,5,7,14,21,31H2/t50-/m0/s1. The molecule has 1 atom stereocenters. The molecule has 0 radical (unpaired) electrons. The second-order valence-corrected chi connectivity index (χ2v) is 16.0. The van der Waals surface area contributed by atoms with Gasteiger partial charge in [0.15, 0.2) is 0 Å². The predicted molar refractivity (Wildman–Crippen MR) is 228 cm³/mol. The van der Waals surface area contributed by atoms with Gasteiger partial charge in [-0.25, -0.2) is 0 Å². The quantitative estimate of drug-likeness (QED) is 0.154. The molecule has 7 aromatic rings. The molecule has 2 N–H and O–H groups in total. The molecule has 1 saturated carbocycles. The Hall–Kier alpha value is -5.90. The molecule has 6 aromatic carbocycles. The summed E-state index contributed by atoms with van der Waals surface area (Å²) >= 11 is 1.88. The second kappa shape index (κ2) is 12.1. The number of nitrogens with one attached hydrogen (secondary N) is 2. The van der Waals surface area contributed by atoms with Crippen LogP contribution in [-0.4, -0.2) is 5.54 Å². The molecule has 3 heteroatoms. The van der Waals surface area contributed by atoms with Crippen molar-refractivity contribution in [1.82, 2.24) is 0 Å². The number of benzene rings is 6. The van der Waals surface area contributed by atoms with Gasteiger partial charge in [-0.05, 0) is 112 Å². The highest BCUT2D eigenvalue weighted by molar-refractivity contribution is 7.25. The van der Waals surface area contributed by atoms with Crippen LogP contribution in [0.5, 0.6) is 0 Å². The Labute approximate surface area is 314 Å². The first kappa shape index (κ1) is 30.7. The SMILES string of the molecule is C1=CC(C2=CC(c3ccc(N[C@]45C=C4C5)c(-c4cccc(-c5cccc6sc7ccccc7c56)c4)c3)=CCC2)=C(Nc2cccc3ccccc23)CC1. The molecular formula is C50H38N2S. The fourth-order valence-corrected chi connectivity index (χ4v) is 9.67. The molecule has 1 aromatic heterocycles. The van der Waals surface area contributed by atoms with E-state index in [-0.39, 0.29) is 5.54 Å². The zero-order chi connectivity index (χ0) is 34.9. The van der Waals surface area contributed by atoms with E-state index in [1.54, 1.807) is 5.57 Å². The Bertz CT molecular complexity index is 2820. The van der Waals surface area contributed by atoms with Crippen molar-refractivity contribution in [1.29, 1.82) is 0 Å². The smallest absolute Gasteiger partial charge is 0.0813 e. The van der Waals surface area contributed by atoms with Crippen molar-refractivity contribution < 1.29 is 0 Å². The molecule has 0 unspecified atom stereocenters. The maximum Gasteiger partial charge on any atom is 0.0813 e. The van der Waals surface area contributed by atoms with E-state index in [4.69, 9.17) is 0 Å². The number of allylic oxidation sites excluding steroid dienone is 8. The van der Waals surface area contributed by atoms with Gasteiger partial charge in [0, 0.05) is 54.6 Å². The maximum absolute atomic E-state index is 3.92. The Morgan fingerprint density at radius 1 is 0.623 bits per heavy atom. The fraction of sp³-hybridized carbons (Fsp3) is 0.120. The molecule has 11 rings (SSSR count). The molecule has 0 aliphatic heterocycles. The Kier molecular flexibility index (Phi) is 7.00. The van der Waals surface area contributed by atoms with E-state index in [0.29, 0.717) is 0 Å². The predicted octanol–water partition coefficient (Wildman–Crippen LogP) is 13.9. The number of fused-ring (bicyclic) bond motifs is 5. The van der Waals surface area contributed by atoms with E-state index in [9.17, 15) is 0 Å². The summed E-state index contributed by atoms with van der Waals surface area (Å²) in [5.41, 5.74) is 15.7. The molecule has 0 saturated heterocycles. The van der Waals surface area contributed by atoms with Crippen LogP contribution in [0.15, 0.2) is 180 Å². The first-order chi connectivity index (χ1) is 26.2. The summed E-state index contributed by atoms with van der Waals surface area (Å²) in [5, 5.41) is 13.0. The van der Waals surface area contributed by atoms with Gasteiger partial charge in [0.25, 0.3) is 0 Å². The Morgan fingerprint density at radius 2 is 1.40 bits per heavy atom. The lowest BCUT2D eigenvalue weighted by Gasteiger charge is -2.23. The van der Waals surface area contributed by atoms with Crippen molar-refractivity contribution in [2.24, 2.45) is 0 Å². The third kappa shape index (κ3) is 5.38. The summed E-state index contributed by atoms with van der Waals surface area (Å²) in [4.78, 5) is 0. The van der Waals surface area contributed by atoms with E-state index in [2.05, 4.69) is 168 Å². The molecule has 254 valence electrons. The minimum absolute atomic E-state index is 0.125. The minimum Gasteiger partial charge on any atom is -0.372 e. The van der Waals surface area contributed by atoms with Gasteiger partial charge in [-0.15, -0.1) is 11.3 Å². The van der Waals surface area contributed by atoms with Crippen LogP contribution in [-0.2, 0) is 0 Å². The van der Waals surface area contributed by atoms with Crippen molar-refractivity contribution in [3.05, 3.63) is 186 Å². The van der Waals surface area contributed by atoms with Crippen LogP contribution < -0.4 is 10.6 Å². The first-order valence-electron chi connectivity index (χ1n) is 18.9. The molecule has 4 aliphatic carbocycles. The highest BCUT2D eigenvalue weighted by Gasteiger charge is 2.59. The van der Waals surface area contributed by atoms with Crippen LogP contribution in [0.1, 0.15) is 37.7 Å². The van der Waals surface area contributed by atoms with Crippen LogP contribution in [0.2, 0.25) is 0 Å². The zero-order valence-electron chi connectivity index (χ0n) is 29.5. The van der Waals surface area contributed by atoms with Crippen molar-refractivity contribution in [2.75, 3.05) is 10.6 Å². The molecule has 0 spiro atoms. The van der Waals surface area contributed by atoms with Crippen molar-refractivity contribution in [2.45, 2.75) is 37.6 Å². The average Bonchev–Trinajstić information content (AvgIpc) is 4.04. The first-order valence-corrected chi connectivity index (χ1v) is 19.7. The summed E-state index contributed by atoms with van der Waals surface area (Å²) in [6, 6.07) is 47.0. The molecule has 0 amide bonds. The van der Waals surface area contributed by atoms with E-state index < -0.39 is 0 Å². The van der Waals surface area contributed by atoms with Crippen molar-refractivity contribution in [3.63, 3.8) is 0 Å². The van der Waals surface area contributed by atoms with Crippen LogP contribution in [0, 0.1) is 0 Å². The van der Waals surface area contributed by atoms with Gasteiger partial charge in [0.05, 0.1) is 5.54 Å². The lowest BCUT2D eigenvalue weighted by Crippen LogP contribution is -2.12. The third-order valence-electron chi connectivity index (χ3n) is 11.6. The molecule has 2 nitrogen and oxygen atoms in total. The minimum atomic E-state index is 0.125. The van der Waals surface area contributed by atoms with Crippen LogP contribution in [0.3, 0.4) is 0 Å². The molecule has 53 heavy (non-hydrogen) atoms. The molecule has 1 heterocycles. The van der Waals surface area contributed by atoms with E-state index >= 15 is 0 Å². The number of thiophene rings is 1. The summed E-state index contributed by atoms with van der Waals surface area (Å²) in [7, 11) is 0. The van der Waals surface area contributed by atoms with Crippen LogP contribution in [0.4, 0.5) is 11.4 Å². The maximum atomic E-state index is 3.92. The second-order valence-electron chi connectivity index (χ2n) is 14.9. The number of hydrogen-bond acceptors (Lipinski definition) is 3. The number of rotatable bonds is 8. The largest absolute Gasteiger partial charge is 0.372 e. The summed E-state index contributed by atoms with van der Waals surface area (Å²) in [6.07, 6.45) is 17.2. The zero-order valence-corrected chi connectivity index (χ0v) is 30.3. The van der Waals surface area contributed by atoms with E-state index in [1.807, 2.05) is 11.3 Å². The highest BCUT2D eigenvalue weighted by atomic mass is 32.1. The van der Waals surface area contributed by atoms with E-state index in [1.165, 1.54) is 92.6 Å². The summed E-state index contributed by atoms with van der Waals surface area (Å²) < 4.78 is 2.68. The highest BCUT2D eigenvalue weighted by Crippen LogP contribution is 2.61. The third-order valence-corrected chi connectivity index (χ3v) is 12.7. The van der Waals surface area contributed by atoms with Gasteiger partial charge in [-0.3, -0.25) is 0 Å². The van der Waals surface area contributed by atoms with Gasteiger partial charge in [0.2, 0.25) is 0 Å². The molecule has 4 aliphatic rings. The number of hydrogen-bond donors (Lipinski definition) is 2. The van der Waals surface area contributed by atoms with Crippen molar-refractivity contribution in [3.8, 4) is 22.3 Å². The fourth-order valence-electron chi connectivity index (χ4n) is 8.54. The average molecular weight is 699 g/mol. The normalized spacial score (nSPS) is 18.8. The van der Waals surface area contributed by atoms with Crippen LogP contribution >= 0.6 is 11.3 Å². The lowest BCUT2D eigenvalue weighted by molar-refractivity contribution is 0.916. The summed E-state index contributed by atoms with van der Waals surface area (Å²) in [5.74, 6) is 0. The molecule has 1 fully saturated rings. The van der Waals surface area contributed by atoms with Gasteiger partial charge < -0.3 is 10.6 Å². The van der Waals surface area contributed by atoms with Crippen molar-refractivity contribution >= 4 is 59.2 Å². The van der Waals surface area contributed by atoms with Crippen LogP contribution in [0.25, 0.3) is 58.8 Å². The van der Waals surface area contributed by atoms with E-state index in [0.717, 1.165) is 32.1 Å². The van der Waals surface area contributed by atoms with Gasteiger partial charge in [0.1, 0.15) is 0 Å².